The molecule has 0 aliphatic rings. The molecule has 2 rings (SSSR count). The lowest BCUT2D eigenvalue weighted by Gasteiger charge is -1.94. The highest BCUT2D eigenvalue weighted by Crippen LogP contribution is 2.16. The largest absolute Gasteiger partial charge is 0.476 e. The molecule has 0 radical (unpaired) electrons. The Morgan fingerprint density at radius 2 is 2.28 bits per heavy atom. The van der Waals surface area contributed by atoms with Crippen LogP contribution >= 0.6 is 0 Å². The minimum atomic E-state index is -1.44. The van der Waals surface area contributed by atoms with Gasteiger partial charge in [0, 0.05) is 13.2 Å². The highest BCUT2D eigenvalue weighted by atomic mass is 16.6. The summed E-state index contributed by atoms with van der Waals surface area (Å²) in [6.07, 6.45) is 2.66. The Kier molecular flexibility index (Phi) is 2.75. The van der Waals surface area contributed by atoms with Crippen LogP contribution in [0.4, 0.5) is 5.69 Å². The van der Waals surface area contributed by atoms with E-state index in [4.69, 9.17) is 5.11 Å². The van der Waals surface area contributed by atoms with Gasteiger partial charge in [0.1, 0.15) is 11.9 Å². The lowest BCUT2D eigenvalue weighted by Crippen LogP contribution is -2.04. The predicted molar refractivity (Wildman–Crippen MR) is 55.9 cm³/mol. The smallest absolute Gasteiger partial charge is 0.363 e. The van der Waals surface area contributed by atoms with Crippen molar-refractivity contribution in [2.24, 2.45) is 7.05 Å². The van der Waals surface area contributed by atoms with E-state index in [2.05, 4.69) is 15.4 Å². The number of hydrogen-bond acceptors (Lipinski definition) is 6. The summed E-state index contributed by atoms with van der Waals surface area (Å²) in [5.41, 5.74) is -0.623. The van der Waals surface area contributed by atoms with E-state index in [1.54, 1.807) is 13.2 Å². The lowest BCUT2D eigenvalue weighted by molar-refractivity contribution is -0.385. The van der Waals surface area contributed by atoms with E-state index in [-0.39, 0.29) is 6.54 Å². The van der Waals surface area contributed by atoms with Crippen LogP contribution in [0.5, 0.6) is 0 Å². The van der Waals surface area contributed by atoms with E-state index in [1.165, 1.54) is 4.68 Å². The van der Waals surface area contributed by atoms with Gasteiger partial charge in [0.15, 0.2) is 0 Å². The zero-order valence-electron chi connectivity index (χ0n) is 9.22. The molecule has 0 amide bonds. The van der Waals surface area contributed by atoms with Crippen LogP contribution in [0.2, 0.25) is 0 Å². The summed E-state index contributed by atoms with van der Waals surface area (Å²) < 4.78 is 2.61. The first-order chi connectivity index (χ1) is 8.47. The van der Waals surface area contributed by atoms with E-state index in [0.29, 0.717) is 5.69 Å². The molecular formula is C8H8N6O4. The van der Waals surface area contributed by atoms with E-state index < -0.39 is 22.3 Å². The van der Waals surface area contributed by atoms with Gasteiger partial charge in [-0.05, 0) is 0 Å². The Hall–Kier alpha value is -2.78. The summed E-state index contributed by atoms with van der Waals surface area (Å²) in [5.74, 6) is -1.44. The van der Waals surface area contributed by atoms with Gasteiger partial charge in [-0.3, -0.25) is 19.5 Å². The van der Waals surface area contributed by atoms with Gasteiger partial charge in [-0.2, -0.15) is 5.10 Å². The number of hydrogen-bond donors (Lipinski definition) is 1. The van der Waals surface area contributed by atoms with Crippen LogP contribution in [0, 0.1) is 10.1 Å². The first-order valence-corrected chi connectivity index (χ1v) is 4.77. The molecule has 10 heteroatoms. The Balaban J connectivity index is 2.32. The third-order valence-corrected chi connectivity index (χ3v) is 2.12. The Bertz CT molecular complexity index is 583. The molecule has 0 spiro atoms. The van der Waals surface area contributed by atoms with Gasteiger partial charge < -0.3 is 5.11 Å². The highest BCUT2D eigenvalue weighted by Gasteiger charge is 2.25. The van der Waals surface area contributed by atoms with E-state index in [9.17, 15) is 14.9 Å². The second-order valence-electron chi connectivity index (χ2n) is 3.51. The molecule has 0 aromatic carbocycles. The monoisotopic (exact) mass is 252 g/mol. The third kappa shape index (κ3) is 2.16. The molecule has 0 aliphatic heterocycles. The van der Waals surface area contributed by atoms with Crippen molar-refractivity contribution in [1.29, 1.82) is 0 Å². The number of aromatic nitrogens is 5. The fourth-order valence-corrected chi connectivity index (χ4v) is 1.41. The van der Waals surface area contributed by atoms with Gasteiger partial charge >= 0.3 is 11.7 Å². The lowest BCUT2D eigenvalue weighted by atomic mass is 10.4. The van der Waals surface area contributed by atoms with Gasteiger partial charge in [-0.25, -0.2) is 4.79 Å². The van der Waals surface area contributed by atoms with Crippen LogP contribution in [0.25, 0.3) is 0 Å². The number of carboxylic acids is 1. The van der Waals surface area contributed by atoms with Gasteiger partial charge in [0.05, 0.1) is 11.5 Å². The number of aryl methyl sites for hydroxylation is 1. The SMILES string of the molecule is Cn1cc(Cn2cc([N+](=O)[O-])c(C(=O)O)n2)nn1. The average molecular weight is 252 g/mol. The maximum Gasteiger partial charge on any atom is 0.363 e. The number of aromatic carboxylic acids is 1. The van der Waals surface area contributed by atoms with Crippen LogP contribution in [-0.4, -0.2) is 40.8 Å². The Morgan fingerprint density at radius 3 is 2.72 bits per heavy atom. The van der Waals surface area contributed by atoms with Crippen molar-refractivity contribution in [2.75, 3.05) is 0 Å². The second kappa shape index (κ2) is 4.24. The molecule has 0 bridgehead atoms. The highest BCUT2D eigenvalue weighted by molar-refractivity contribution is 5.89. The van der Waals surface area contributed by atoms with Crippen molar-refractivity contribution >= 4 is 11.7 Å². The first kappa shape index (κ1) is 11.7. The molecule has 1 N–H and O–H groups in total. The third-order valence-electron chi connectivity index (χ3n) is 2.12. The molecule has 2 aromatic rings. The van der Waals surface area contributed by atoms with Gasteiger partial charge in [-0.1, -0.05) is 5.21 Å². The molecule has 0 aliphatic carbocycles. The zero-order chi connectivity index (χ0) is 13.3. The maximum atomic E-state index is 10.8. The second-order valence-corrected chi connectivity index (χ2v) is 3.51. The van der Waals surface area contributed by atoms with Crippen molar-refractivity contribution in [3.8, 4) is 0 Å². The van der Waals surface area contributed by atoms with E-state index >= 15 is 0 Å². The molecule has 18 heavy (non-hydrogen) atoms. The summed E-state index contributed by atoms with van der Waals surface area (Å²) in [6, 6.07) is 0. The van der Waals surface area contributed by atoms with E-state index in [0.717, 1.165) is 10.9 Å². The molecule has 0 saturated carbocycles. The molecular weight excluding hydrogens is 244 g/mol. The number of rotatable bonds is 4. The number of nitrogens with zero attached hydrogens (tertiary/aromatic N) is 6. The van der Waals surface area contributed by atoms with Gasteiger partial charge in [0.25, 0.3) is 0 Å². The fraction of sp³-hybridized carbons (Fsp3) is 0.250. The summed E-state index contributed by atoms with van der Waals surface area (Å²) in [5, 5.41) is 30.5. The van der Waals surface area contributed by atoms with Crippen molar-refractivity contribution in [2.45, 2.75) is 6.54 Å². The van der Waals surface area contributed by atoms with Crippen LogP contribution in [0.3, 0.4) is 0 Å². The summed E-state index contributed by atoms with van der Waals surface area (Å²) in [6.45, 7) is 0.113. The molecule has 0 unspecified atom stereocenters. The molecule has 0 atom stereocenters. The quantitative estimate of drug-likeness (QED) is 0.582. The van der Waals surface area contributed by atoms with E-state index in [1.807, 2.05) is 0 Å². The minimum Gasteiger partial charge on any atom is -0.476 e. The van der Waals surface area contributed by atoms with Crippen molar-refractivity contribution < 1.29 is 14.8 Å². The molecule has 0 saturated heterocycles. The van der Waals surface area contributed by atoms with Crippen LogP contribution in [-0.2, 0) is 13.6 Å². The Morgan fingerprint density at radius 1 is 1.56 bits per heavy atom. The van der Waals surface area contributed by atoms with Gasteiger partial charge in [-0.15, -0.1) is 5.10 Å². The minimum absolute atomic E-state index is 0.113. The molecule has 2 heterocycles. The number of carbonyl (C=O) groups is 1. The standard InChI is InChI=1S/C8H8N6O4/c1-12-2-5(9-11-12)3-13-4-6(14(17)18)7(10-13)8(15)16/h2,4H,3H2,1H3,(H,15,16). The molecule has 0 fully saturated rings. The zero-order valence-corrected chi connectivity index (χ0v) is 9.22. The average Bonchev–Trinajstić information content (AvgIpc) is 2.85. The van der Waals surface area contributed by atoms with Gasteiger partial charge in [0.2, 0.25) is 5.69 Å². The predicted octanol–water partition coefficient (Wildman–Crippen LogP) is -0.334. The maximum absolute atomic E-state index is 10.8. The topological polar surface area (TPSA) is 129 Å². The van der Waals surface area contributed by atoms with Crippen LogP contribution in [0.15, 0.2) is 12.4 Å². The summed E-state index contributed by atoms with van der Waals surface area (Å²) in [7, 11) is 1.67. The Labute approximate surface area is 99.6 Å². The van der Waals surface area contributed by atoms with Crippen LogP contribution in [0.1, 0.15) is 16.2 Å². The van der Waals surface area contributed by atoms with Crippen molar-refractivity contribution in [1.82, 2.24) is 24.8 Å². The van der Waals surface area contributed by atoms with Crippen molar-refractivity contribution in [3.63, 3.8) is 0 Å². The summed E-state index contributed by atoms with van der Waals surface area (Å²) in [4.78, 5) is 20.6. The first-order valence-electron chi connectivity index (χ1n) is 4.77. The van der Waals surface area contributed by atoms with Crippen LogP contribution < -0.4 is 0 Å². The normalized spacial score (nSPS) is 10.5. The summed E-state index contributed by atoms with van der Waals surface area (Å²) >= 11 is 0. The molecule has 2 aromatic heterocycles. The van der Waals surface area contributed by atoms with Crippen molar-refractivity contribution in [3.05, 3.63) is 33.9 Å². The number of nitro groups is 1. The molecule has 94 valence electrons. The molecule has 10 nitrogen and oxygen atoms in total. The fourth-order valence-electron chi connectivity index (χ4n) is 1.41. The number of carboxylic acid groups (broad SMARTS) is 1.